The van der Waals surface area contributed by atoms with Gasteiger partial charge in [-0.3, -0.25) is 4.79 Å². The van der Waals surface area contributed by atoms with E-state index in [1.807, 2.05) is 44.4 Å². The van der Waals surface area contributed by atoms with Crippen molar-refractivity contribution in [3.8, 4) is 0 Å². The molecule has 0 saturated carbocycles. The highest BCUT2D eigenvalue weighted by Crippen LogP contribution is 2.15. The Balaban J connectivity index is 2.14. The van der Waals surface area contributed by atoms with Crippen molar-refractivity contribution in [1.82, 2.24) is 20.1 Å². The molecule has 8 nitrogen and oxygen atoms in total. The molecule has 1 heterocycles. The fraction of sp³-hybridized carbons (Fsp3) is 0.231. The molecule has 3 N–H and O–H groups in total. The summed E-state index contributed by atoms with van der Waals surface area (Å²) in [5.41, 5.74) is 6.43. The minimum absolute atomic E-state index is 0.136. The Kier molecular flexibility index (Phi) is 4.62. The molecule has 0 spiro atoms. The minimum Gasteiger partial charge on any atom is -0.364 e. The number of carbonyl (C=O) groups is 1. The van der Waals surface area contributed by atoms with Crippen molar-refractivity contribution >= 4 is 11.7 Å². The van der Waals surface area contributed by atoms with E-state index in [0.29, 0.717) is 6.54 Å². The van der Waals surface area contributed by atoms with Crippen LogP contribution in [0.4, 0.5) is 5.82 Å². The number of hydrogen-bond acceptors (Lipinski definition) is 5. The van der Waals surface area contributed by atoms with Crippen LogP contribution in [0.3, 0.4) is 0 Å². The number of H-pyrrole nitrogens is 1. The third-order valence-electron chi connectivity index (χ3n) is 2.74. The molecule has 0 aliphatic heterocycles. The van der Waals surface area contributed by atoms with Crippen molar-refractivity contribution in [3.05, 3.63) is 47.9 Å². The zero-order chi connectivity index (χ0) is 15.2. The number of aromatic nitrogens is 2. The van der Waals surface area contributed by atoms with Crippen LogP contribution < -0.4 is 5.73 Å². The highest BCUT2D eigenvalue weighted by Gasteiger charge is 2.11. The van der Waals surface area contributed by atoms with Crippen LogP contribution in [-0.4, -0.2) is 40.1 Å². The number of amides is 1. The molecule has 1 amide bonds. The lowest BCUT2D eigenvalue weighted by Crippen LogP contribution is -2.31. The van der Waals surface area contributed by atoms with Crippen molar-refractivity contribution in [2.75, 3.05) is 14.1 Å². The van der Waals surface area contributed by atoms with Crippen LogP contribution in [0.25, 0.3) is 0 Å². The van der Waals surface area contributed by atoms with Crippen molar-refractivity contribution in [2.45, 2.75) is 6.54 Å². The van der Waals surface area contributed by atoms with Gasteiger partial charge in [-0.1, -0.05) is 35.6 Å². The van der Waals surface area contributed by atoms with E-state index >= 15 is 0 Å². The quantitative estimate of drug-likeness (QED) is 0.620. The van der Waals surface area contributed by atoms with Crippen molar-refractivity contribution < 1.29 is 4.79 Å². The van der Waals surface area contributed by atoms with Gasteiger partial charge in [0.1, 0.15) is 0 Å². The average molecular weight is 287 g/mol. The standard InChI is InChI=1S/C13H17N7O/c1-19(2)20(8-10-6-4-3-5-7-10)18-17-13-11(12(14)21)15-9-16-13/h3-7,9H,8H2,1-2H3,(H2,14,21)(H,15,16). The van der Waals surface area contributed by atoms with E-state index in [1.165, 1.54) is 6.33 Å². The summed E-state index contributed by atoms with van der Waals surface area (Å²) in [6.45, 7) is 0.549. The molecule has 0 unspecified atom stereocenters. The molecule has 0 radical (unpaired) electrons. The molecule has 8 heteroatoms. The van der Waals surface area contributed by atoms with Gasteiger partial charge in [-0.2, -0.15) is 0 Å². The average Bonchev–Trinajstić information content (AvgIpc) is 2.93. The van der Waals surface area contributed by atoms with E-state index in [9.17, 15) is 4.79 Å². The van der Waals surface area contributed by atoms with Gasteiger partial charge in [0, 0.05) is 14.1 Å². The molecular weight excluding hydrogens is 270 g/mol. The molecule has 0 aliphatic rings. The van der Waals surface area contributed by atoms with Crippen molar-refractivity contribution in [3.63, 3.8) is 0 Å². The van der Waals surface area contributed by atoms with Gasteiger partial charge in [0.2, 0.25) is 5.82 Å². The minimum atomic E-state index is -0.624. The van der Waals surface area contributed by atoms with Crippen LogP contribution in [0.15, 0.2) is 47.0 Å². The van der Waals surface area contributed by atoms with Crippen LogP contribution >= 0.6 is 0 Å². The van der Waals surface area contributed by atoms with E-state index in [-0.39, 0.29) is 11.5 Å². The molecule has 2 rings (SSSR count). The number of rotatable bonds is 6. The molecule has 0 atom stereocenters. The van der Waals surface area contributed by atoms with Gasteiger partial charge in [0.15, 0.2) is 5.69 Å². The lowest BCUT2D eigenvalue weighted by atomic mass is 10.2. The molecule has 21 heavy (non-hydrogen) atoms. The Labute approximate surface area is 122 Å². The molecule has 110 valence electrons. The molecule has 1 aromatic carbocycles. The number of aromatic amines is 1. The van der Waals surface area contributed by atoms with E-state index in [4.69, 9.17) is 5.73 Å². The number of imidazole rings is 1. The predicted octanol–water partition coefficient (Wildman–Crippen LogP) is 1.49. The molecule has 0 aliphatic carbocycles. The Bertz CT molecular complexity index is 620. The number of nitrogens with two attached hydrogens (primary N) is 1. The van der Waals surface area contributed by atoms with Gasteiger partial charge < -0.3 is 10.7 Å². The first-order chi connectivity index (χ1) is 10.1. The molecule has 0 bridgehead atoms. The van der Waals surface area contributed by atoms with Crippen LogP contribution in [0, 0.1) is 0 Å². The topological polar surface area (TPSA) is 103 Å². The zero-order valence-electron chi connectivity index (χ0n) is 11.9. The zero-order valence-corrected chi connectivity index (χ0v) is 11.9. The number of benzene rings is 1. The van der Waals surface area contributed by atoms with Crippen LogP contribution in [0.5, 0.6) is 0 Å². The summed E-state index contributed by atoms with van der Waals surface area (Å²) in [7, 11) is 3.70. The fourth-order valence-corrected chi connectivity index (χ4v) is 1.64. The first-order valence-electron chi connectivity index (χ1n) is 6.31. The Morgan fingerprint density at radius 2 is 2.05 bits per heavy atom. The lowest BCUT2D eigenvalue weighted by Gasteiger charge is -2.24. The summed E-state index contributed by atoms with van der Waals surface area (Å²) in [5.74, 6) is -0.455. The second kappa shape index (κ2) is 6.62. The fourth-order valence-electron chi connectivity index (χ4n) is 1.64. The third kappa shape index (κ3) is 3.86. The summed E-state index contributed by atoms with van der Waals surface area (Å²) in [4.78, 5) is 17.7. The van der Waals surface area contributed by atoms with Gasteiger partial charge in [-0.15, -0.1) is 5.11 Å². The summed E-state index contributed by atoms with van der Waals surface area (Å²) in [5, 5.41) is 11.5. The molecule has 2 aromatic rings. The number of hydrogen-bond donors (Lipinski definition) is 2. The Hall–Kier alpha value is -2.74. The SMILES string of the molecule is CN(C)N(Cc1ccccc1)N=Nc1nc[nH]c1C(N)=O. The molecule has 0 saturated heterocycles. The van der Waals surface area contributed by atoms with Gasteiger partial charge in [0.25, 0.3) is 5.91 Å². The number of carbonyl (C=O) groups excluding carboxylic acids is 1. The second-order valence-corrected chi connectivity index (χ2v) is 4.52. The maximum absolute atomic E-state index is 11.2. The van der Waals surface area contributed by atoms with Crippen molar-refractivity contribution in [1.29, 1.82) is 0 Å². The number of nitrogens with zero attached hydrogens (tertiary/aromatic N) is 5. The maximum Gasteiger partial charge on any atom is 0.269 e. The highest BCUT2D eigenvalue weighted by atomic mass is 16.1. The third-order valence-corrected chi connectivity index (χ3v) is 2.74. The van der Waals surface area contributed by atoms with Crippen LogP contribution in [-0.2, 0) is 6.54 Å². The van der Waals surface area contributed by atoms with Crippen molar-refractivity contribution in [2.24, 2.45) is 16.1 Å². The largest absolute Gasteiger partial charge is 0.364 e. The van der Waals surface area contributed by atoms with E-state index in [1.54, 1.807) is 10.1 Å². The summed E-state index contributed by atoms with van der Waals surface area (Å²) < 4.78 is 0. The monoisotopic (exact) mass is 287 g/mol. The number of primary amides is 1. The molecular formula is C13H17N7O. The molecule has 0 fully saturated rings. The van der Waals surface area contributed by atoms with Gasteiger partial charge >= 0.3 is 0 Å². The molecule has 1 aromatic heterocycles. The summed E-state index contributed by atoms with van der Waals surface area (Å²) in [6.07, 6.45) is 1.35. The van der Waals surface area contributed by atoms with Gasteiger partial charge in [-0.05, 0) is 5.56 Å². The van der Waals surface area contributed by atoms with E-state index < -0.39 is 5.91 Å². The predicted molar refractivity (Wildman–Crippen MR) is 77.3 cm³/mol. The van der Waals surface area contributed by atoms with E-state index in [2.05, 4.69) is 20.3 Å². The maximum atomic E-state index is 11.2. The van der Waals surface area contributed by atoms with Crippen LogP contribution in [0.1, 0.15) is 16.1 Å². The Morgan fingerprint density at radius 1 is 1.33 bits per heavy atom. The summed E-state index contributed by atoms with van der Waals surface area (Å²) >= 11 is 0. The number of nitrogens with one attached hydrogen (secondary N) is 1. The highest BCUT2D eigenvalue weighted by molar-refractivity contribution is 5.94. The van der Waals surface area contributed by atoms with E-state index in [0.717, 1.165) is 5.56 Å². The Morgan fingerprint density at radius 3 is 2.67 bits per heavy atom. The summed E-state index contributed by atoms with van der Waals surface area (Å²) in [6, 6.07) is 9.86. The smallest absolute Gasteiger partial charge is 0.269 e. The lowest BCUT2D eigenvalue weighted by molar-refractivity contribution is 0.00995. The second-order valence-electron chi connectivity index (χ2n) is 4.52. The first kappa shape index (κ1) is 14.7. The van der Waals surface area contributed by atoms with Gasteiger partial charge in [0.05, 0.1) is 12.9 Å². The van der Waals surface area contributed by atoms with Gasteiger partial charge in [-0.25, -0.2) is 15.1 Å². The number of hydrazine groups is 1. The van der Waals surface area contributed by atoms with Crippen LogP contribution in [0.2, 0.25) is 0 Å². The first-order valence-corrected chi connectivity index (χ1v) is 6.31. The normalized spacial score (nSPS) is 11.2.